The van der Waals surface area contributed by atoms with Crippen molar-refractivity contribution in [3.8, 4) is 11.8 Å². The number of nitrogens with zero attached hydrogens (tertiary/aromatic N) is 2. The molecule has 4 unspecified atom stereocenters. The Kier molecular flexibility index (Phi) is 6.60. The van der Waals surface area contributed by atoms with Crippen LogP contribution < -0.4 is 15.4 Å². The van der Waals surface area contributed by atoms with Crippen LogP contribution in [0.5, 0.6) is 5.75 Å². The summed E-state index contributed by atoms with van der Waals surface area (Å²) in [6.07, 6.45) is -4.68. The number of aromatic amines is 1. The minimum absolute atomic E-state index is 0.0181. The number of likely N-dealkylation sites (tertiary alicyclic amines) is 1. The monoisotopic (exact) mass is 491 g/mol. The Morgan fingerprint density at radius 1 is 1.37 bits per heavy atom. The van der Waals surface area contributed by atoms with Crippen molar-refractivity contribution in [3.63, 3.8) is 0 Å². The lowest BCUT2D eigenvalue weighted by Crippen LogP contribution is -2.49. The number of methoxy groups -OCH3 is 1. The van der Waals surface area contributed by atoms with E-state index in [4.69, 9.17) is 4.74 Å². The molecule has 12 heteroatoms. The molecule has 4 atom stereocenters. The highest BCUT2D eigenvalue weighted by Crippen LogP contribution is 2.38. The van der Waals surface area contributed by atoms with Crippen molar-refractivity contribution >= 4 is 28.6 Å². The molecule has 1 aromatic carbocycles. The minimum atomic E-state index is -4.60. The molecule has 0 saturated carbocycles. The molecular weight excluding hydrogens is 467 g/mol. The fraction of sp³-hybridized carbons (Fsp3) is 0.478. The molecule has 2 aliphatic rings. The summed E-state index contributed by atoms with van der Waals surface area (Å²) in [5, 5.41) is 15.1. The molecule has 0 spiro atoms. The SMILES string of the molecule is COc1cccc2[nH]c(C(=O)N3CC(C(F)(F)F)CC3C(=O)NC(C#N)CC3CCNC3=O)cc12. The lowest BCUT2D eigenvalue weighted by Gasteiger charge is -2.25. The van der Waals surface area contributed by atoms with Gasteiger partial charge in [-0.15, -0.1) is 0 Å². The molecule has 3 amide bonds. The first-order chi connectivity index (χ1) is 16.6. The van der Waals surface area contributed by atoms with Gasteiger partial charge in [0.05, 0.1) is 19.1 Å². The molecular formula is C23H24F3N5O4. The van der Waals surface area contributed by atoms with Gasteiger partial charge in [0.1, 0.15) is 23.5 Å². The predicted molar refractivity (Wildman–Crippen MR) is 117 cm³/mol. The number of ether oxygens (including phenoxy) is 1. The van der Waals surface area contributed by atoms with Gasteiger partial charge >= 0.3 is 6.18 Å². The zero-order valence-corrected chi connectivity index (χ0v) is 18.8. The first-order valence-corrected chi connectivity index (χ1v) is 11.1. The van der Waals surface area contributed by atoms with E-state index in [0.717, 1.165) is 4.90 Å². The van der Waals surface area contributed by atoms with E-state index in [1.165, 1.54) is 13.2 Å². The number of benzene rings is 1. The van der Waals surface area contributed by atoms with Gasteiger partial charge in [-0.05, 0) is 37.5 Å². The second-order valence-electron chi connectivity index (χ2n) is 8.75. The third kappa shape index (κ3) is 4.89. The first-order valence-electron chi connectivity index (χ1n) is 11.1. The Bertz CT molecular complexity index is 1190. The van der Waals surface area contributed by atoms with E-state index in [2.05, 4.69) is 15.6 Å². The number of fused-ring (bicyclic) bond motifs is 1. The van der Waals surface area contributed by atoms with Gasteiger partial charge in [0.2, 0.25) is 11.8 Å². The smallest absolute Gasteiger partial charge is 0.393 e. The maximum absolute atomic E-state index is 13.6. The summed E-state index contributed by atoms with van der Waals surface area (Å²) >= 11 is 0. The van der Waals surface area contributed by atoms with Crippen molar-refractivity contribution in [2.24, 2.45) is 11.8 Å². The summed E-state index contributed by atoms with van der Waals surface area (Å²) in [4.78, 5) is 41.9. The highest BCUT2D eigenvalue weighted by atomic mass is 19.4. The van der Waals surface area contributed by atoms with Crippen molar-refractivity contribution in [2.75, 3.05) is 20.2 Å². The molecule has 2 fully saturated rings. The zero-order valence-electron chi connectivity index (χ0n) is 18.8. The Balaban J connectivity index is 1.56. The second-order valence-corrected chi connectivity index (χ2v) is 8.75. The van der Waals surface area contributed by atoms with E-state index in [-0.39, 0.29) is 18.0 Å². The largest absolute Gasteiger partial charge is 0.496 e. The first kappa shape index (κ1) is 24.4. The summed E-state index contributed by atoms with van der Waals surface area (Å²) in [6.45, 7) is -0.224. The van der Waals surface area contributed by atoms with Crippen LogP contribution in [0.4, 0.5) is 13.2 Å². The van der Waals surface area contributed by atoms with Gasteiger partial charge in [-0.2, -0.15) is 18.4 Å². The third-order valence-electron chi connectivity index (χ3n) is 6.56. The van der Waals surface area contributed by atoms with Crippen LogP contribution in [-0.2, 0) is 9.59 Å². The van der Waals surface area contributed by atoms with Crippen molar-refractivity contribution < 1.29 is 32.3 Å². The van der Waals surface area contributed by atoms with Crippen molar-refractivity contribution in [1.29, 1.82) is 5.26 Å². The lowest BCUT2D eigenvalue weighted by atomic mass is 9.98. The van der Waals surface area contributed by atoms with Crippen LogP contribution in [0.1, 0.15) is 29.8 Å². The number of hydrogen-bond acceptors (Lipinski definition) is 5. The third-order valence-corrected chi connectivity index (χ3v) is 6.56. The van der Waals surface area contributed by atoms with Crippen molar-refractivity contribution in [1.82, 2.24) is 20.5 Å². The van der Waals surface area contributed by atoms with Crippen LogP contribution in [0.3, 0.4) is 0 Å². The van der Waals surface area contributed by atoms with Crippen molar-refractivity contribution in [3.05, 3.63) is 30.0 Å². The van der Waals surface area contributed by atoms with Crippen LogP contribution in [0, 0.1) is 23.2 Å². The molecule has 186 valence electrons. The molecule has 0 radical (unpaired) electrons. The lowest BCUT2D eigenvalue weighted by molar-refractivity contribution is -0.170. The zero-order chi connectivity index (χ0) is 25.3. The van der Waals surface area contributed by atoms with E-state index in [9.17, 15) is 32.8 Å². The van der Waals surface area contributed by atoms with Gasteiger partial charge in [-0.25, -0.2) is 0 Å². The molecule has 9 nitrogen and oxygen atoms in total. The van der Waals surface area contributed by atoms with Crippen LogP contribution in [0.25, 0.3) is 10.9 Å². The molecule has 2 saturated heterocycles. The number of H-pyrrole nitrogens is 1. The summed E-state index contributed by atoms with van der Waals surface area (Å²) in [5.74, 6) is -3.73. The fourth-order valence-corrected chi connectivity index (χ4v) is 4.69. The van der Waals surface area contributed by atoms with Gasteiger partial charge in [-0.1, -0.05) is 6.07 Å². The number of alkyl halides is 3. The minimum Gasteiger partial charge on any atom is -0.496 e. The molecule has 35 heavy (non-hydrogen) atoms. The normalized spacial score (nSPS) is 23.1. The maximum Gasteiger partial charge on any atom is 0.393 e. The number of rotatable bonds is 6. The Morgan fingerprint density at radius 3 is 2.77 bits per heavy atom. The molecule has 2 aromatic rings. The molecule has 4 rings (SSSR count). The van der Waals surface area contributed by atoms with E-state index < -0.39 is 54.9 Å². The van der Waals surface area contributed by atoms with Crippen LogP contribution in [0.15, 0.2) is 24.3 Å². The molecule has 2 aliphatic heterocycles. The number of nitrogens with one attached hydrogen (secondary N) is 3. The summed E-state index contributed by atoms with van der Waals surface area (Å²) in [6, 6.07) is 5.95. The number of carbonyl (C=O) groups is 3. The molecule has 1 aromatic heterocycles. The van der Waals surface area contributed by atoms with Gasteiger partial charge in [0.25, 0.3) is 5.91 Å². The van der Waals surface area contributed by atoms with E-state index >= 15 is 0 Å². The Morgan fingerprint density at radius 2 is 2.14 bits per heavy atom. The second kappa shape index (κ2) is 9.48. The number of hydrogen-bond donors (Lipinski definition) is 3. The summed E-state index contributed by atoms with van der Waals surface area (Å²) in [5.41, 5.74) is 0.573. The van der Waals surface area contributed by atoms with Gasteiger partial charge in [-0.3, -0.25) is 14.4 Å². The predicted octanol–water partition coefficient (Wildman–Crippen LogP) is 2.10. The molecule has 0 aliphatic carbocycles. The quantitative estimate of drug-likeness (QED) is 0.571. The van der Waals surface area contributed by atoms with E-state index in [0.29, 0.717) is 29.6 Å². The average Bonchev–Trinajstić information content (AvgIpc) is 3.55. The Hall–Kier alpha value is -3.75. The van der Waals surface area contributed by atoms with Gasteiger partial charge < -0.3 is 25.3 Å². The topological polar surface area (TPSA) is 127 Å². The number of amides is 3. The summed E-state index contributed by atoms with van der Waals surface area (Å²) in [7, 11) is 1.46. The van der Waals surface area contributed by atoms with Crippen LogP contribution in [0.2, 0.25) is 0 Å². The maximum atomic E-state index is 13.6. The molecule has 0 bridgehead atoms. The number of nitriles is 1. The molecule has 3 heterocycles. The average molecular weight is 491 g/mol. The standard InChI is InChI=1S/C23H24F3N5O4/c1-35-19-4-2-3-16-15(19)9-17(30-16)22(34)31-11-13(23(24,25)26)8-18(31)21(33)29-14(10-27)7-12-5-6-28-20(12)32/h2-4,9,12-14,18,30H,5-8,11H2,1H3,(H,28,32)(H,29,33). The van der Waals surface area contributed by atoms with Crippen molar-refractivity contribution in [2.45, 2.75) is 37.5 Å². The summed E-state index contributed by atoms with van der Waals surface area (Å²) < 4.78 is 45.9. The van der Waals surface area contributed by atoms with E-state index in [1.54, 1.807) is 18.2 Å². The number of halogens is 3. The molecule has 3 N–H and O–H groups in total. The number of carbonyl (C=O) groups excluding carboxylic acids is 3. The highest BCUT2D eigenvalue weighted by molar-refractivity contribution is 6.01. The van der Waals surface area contributed by atoms with Crippen LogP contribution in [-0.4, -0.2) is 66.1 Å². The van der Waals surface area contributed by atoms with Gasteiger partial charge in [0.15, 0.2) is 0 Å². The van der Waals surface area contributed by atoms with Crippen LogP contribution >= 0.6 is 0 Å². The van der Waals surface area contributed by atoms with E-state index in [1.807, 2.05) is 6.07 Å². The number of aromatic nitrogens is 1. The Labute approximate surface area is 198 Å². The highest BCUT2D eigenvalue weighted by Gasteiger charge is 2.51. The van der Waals surface area contributed by atoms with Gasteiger partial charge in [0, 0.05) is 29.9 Å². The fourth-order valence-electron chi connectivity index (χ4n) is 4.69.